The van der Waals surface area contributed by atoms with Crippen molar-refractivity contribution in [1.82, 2.24) is 25.0 Å². The normalized spacial score (nSPS) is 18.7. The van der Waals surface area contributed by atoms with Gasteiger partial charge in [-0.1, -0.05) is 19.0 Å². The largest absolute Gasteiger partial charge is 0.354 e. The molecule has 0 atom stereocenters. The van der Waals surface area contributed by atoms with Gasteiger partial charge in [0.2, 0.25) is 5.89 Å². The molecule has 1 saturated carbocycles. The number of rotatable bonds is 6. The van der Waals surface area contributed by atoms with Gasteiger partial charge in [0.1, 0.15) is 17.3 Å². The molecule has 1 saturated heterocycles. The van der Waals surface area contributed by atoms with E-state index < -0.39 is 6.43 Å². The summed E-state index contributed by atoms with van der Waals surface area (Å²) >= 11 is 0. The van der Waals surface area contributed by atoms with Crippen LogP contribution in [-0.2, 0) is 6.54 Å². The number of hydrogen-bond acceptors (Lipinski definition) is 7. The minimum atomic E-state index is -2.57. The van der Waals surface area contributed by atoms with E-state index in [1.54, 1.807) is 0 Å². The van der Waals surface area contributed by atoms with Crippen LogP contribution in [0.5, 0.6) is 0 Å². The Kier molecular flexibility index (Phi) is 5.03. The number of anilines is 1. The fraction of sp³-hybridized carbons (Fsp3) is 0.667. The van der Waals surface area contributed by atoms with Crippen LogP contribution in [0.3, 0.4) is 0 Å². The van der Waals surface area contributed by atoms with Crippen LogP contribution in [0.4, 0.5) is 14.6 Å². The number of halogens is 2. The van der Waals surface area contributed by atoms with Gasteiger partial charge in [-0.25, -0.2) is 18.7 Å². The molecule has 1 aliphatic heterocycles. The molecular formula is C18H24F2N6O. The highest BCUT2D eigenvalue weighted by Crippen LogP contribution is 2.39. The van der Waals surface area contributed by atoms with Gasteiger partial charge in [0.05, 0.1) is 6.54 Å². The molecule has 1 aliphatic carbocycles. The van der Waals surface area contributed by atoms with Gasteiger partial charge in [-0.3, -0.25) is 4.90 Å². The van der Waals surface area contributed by atoms with Crippen molar-refractivity contribution in [3.63, 3.8) is 0 Å². The van der Waals surface area contributed by atoms with Crippen LogP contribution in [0.15, 0.2) is 10.6 Å². The quantitative estimate of drug-likeness (QED) is 0.765. The van der Waals surface area contributed by atoms with Crippen molar-refractivity contribution < 1.29 is 13.3 Å². The van der Waals surface area contributed by atoms with Crippen molar-refractivity contribution in [3.05, 3.63) is 29.3 Å². The van der Waals surface area contributed by atoms with Gasteiger partial charge in [0.15, 0.2) is 5.82 Å². The molecule has 2 aliphatic rings. The van der Waals surface area contributed by atoms with E-state index in [1.165, 1.54) is 6.07 Å². The van der Waals surface area contributed by atoms with Gasteiger partial charge in [-0.05, 0) is 12.8 Å². The maximum Gasteiger partial charge on any atom is 0.280 e. The Labute approximate surface area is 156 Å². The summed E-state index contributed by atoms with van der Waals surface area (Å²) in [5.74, 6) is 3.00. The molecule has 27 heavy (non-hydrogen) atoms. The van der Waals surface area contributed by atoms with E-state index in [2.05, 4.69) is 29.9 Å². The average Bonchev–Trinajstić information content (AvgIpc) is 3.41. The van der Waals surface area contributed by atoms with E-state index in [4.69, 9.17) is 4.52 Å². The lowest BCUT2D eigenvalue weighted by Gasteiger charge is -2.34. The molecule has 0 spiro atoms. The Hall–Kier alpha value is -2.16. The third kappa shape index (κ3) is 4.23. The van der Waals surface area contributed by atoms with E-state index in [-0.39, 0.29) is 17.5 Å². The van der Waals surface area contributed by atoms with Crippen LogP contribution in [0.1, 0.15) is 68.2 Å². The standard InChI is InChI=1S/C18H24F2N6O/c1-11(2)17-23-15(27-24-17)10-25-5-7-26(8-6-25)14-9-13(16(19)20)21-18(22-14)12-3-4-12/h9,11-12,16H,3-8,10H2,1-2H3. The first kappa shape index (κ1) is 18.2. The molecule has 0 bridgehead atoms. The topological polar surface area (TPSA) is 71.2 Å². The summed E-state index contributed by atoms with van der Waals surface area (Å²) in [5, 5.41) is 3.99. The number of piperazine rings is 1. The molecule has 2 fully saturated rings. The summed E-state index contributed by atoms with van der Waals surface area (Å²) in [4.78, 5) is 17.3. The number of hydrogen-bond donors (Lipinski definition) is 0. The summed E-state index contributed by atoms with van der Waals surface area (Å²) in [6.45, 7) is 7.66. The molecule has 9 heteroatoms. The molecule has 2 aromatic heterocycles. The fourth-order valence-corrected chi connectivity index (χ4v) is 3.16. The van der Waals surface area contributed by atoms with Crippen LogP contribution < -0.4 is 4.90 Å². The molecule has 0 unspecified atom stereocenters. The Morgan fingerprint density at radius 2 is 1.85 bits per heavy atom. The maximum absolute atomic E-state index is 13.2. The van der Waals surface area contributed by atoms with E-state index in [9.17, 15) is 8.78 Å². The summed E-state index contributed by atoms with van der Waals surface area (Å²) in [7, 11) is 0. The molecular weight excluding hydrogens is 354 g/mol. The zero-order valence-corrected chi connectivity index (χ0v) is 15.6. The zero-order valence-electron chi connectivity index (χ0n) is 15.6. The molecule has 146 valence electrons. The maximum atomic E-state index is 13.2. The highest BCUT2D eigenvalue weighted by Gasteiger charge is 2.30. The molecule has 0 amide bonds. The Morgan fingerprint density at radius 1 is 1.11 bits per heavy atom. The van der Waals surface area contributed by atoms with Crippen molar-refractivity contribution in [1.29, 1.82) is 0 Å². The van der Waals surface area contributed by atoms with Crippen molar-refractivity contribution in [2.24, 2.45) is 0 Å². The van der Waals surface area contributed by atoms with E-state index in [1.807, 2.05) is 13.8 Å². The number of nitrogens with zero attached hydrogens (tertiary/aromatic N) is 6. The van der Waals surface area contributed by atoms with Crippen molar-refractivity contribution in [2.75, 3.05) is 31.1 Å². The molecule has 3 heterocycles. The second-order valence-electron chi connectivity index (χ2n) is 7.55. The molecule has 0 aromatic carbocycles. The van der Waals surface area contributed by atoms with Crippen LogP contribution in [-0.4, -0.2) is 51.2 Å². The lowest BCUT2D eigenvalue weighted by Crippen LogP contribution is -2.46. The summed E-state index contributed by atoms with van der Waals surface area (Å²) in [5.41, 5.74) is -0.170. The minimum absolute atomic E-state index is 0.170. The SMILES string of the molecule is CC(C)c1noc(CN2CCN(c3cc(C(F)F)nc(C4CC4)n3)CC2)n1. The van der Waals surface area contributed by atoms with Crippen molar-refractivity contribution in [3.8, 4) is 0 Å². The van der Waals surface area contributed by atoms with Crippen LogP contribution in [0.25, 0.3) is 0 Å². The second kappa shape index (κ2) is 7.46. The fourth-order valence-electron chi connectivity index (χ4n) is 3.16. The lowest BCUT2D eigenvalue weighted by molar-refractivity contribution is 0.145. The Bertz CT molecular complexity index is 764. The second-order valence-corrected chi connectivity index (χ2v) is 7.55. The van der Waals surface area contributed by atoms with E-state index >= 15 is 0 Å². The van der Waals surface area contributed by atoms with E-state index in [0.717, 1.165) is 44.8 Å². The van der Waals surface area contributed by atoms with Crippen LogP contribution in [0.2, 0.25) is 0 Å². The molecule has 7 nitrogen and oxygen atoms in total. The van der Waals surface area contributed by atoms with Gasteiger partial charge in [0.25, 0.3) is 6.43 Å². The first-order valence-electron chi connectivity index (χ1n) is 9.46. The first-order chi connectivity index (χ1) is 13.0. The molecule has 0 radical (unpaired) electrons. The van der Waals surface area contributed by atoms with Crippen LogP contribution >= 0.6 is 0 Å². The minimum Gasteiger partial charge on any atom is -0.354 e. The van der Waals surface area contributed by atoms with Gasteiger partial charge >= 0.3 is 0 Å². The highest BCUT2D eigenvalue weighted by atomic mass is 19.3. The van der Waals surface area contributed by atoms with Gasteiger partial charge in [-0.2, -0.15) is 4.98 Å². The highest BCUT2D eigenvalue weighted by molar-refractivity contribution is 5.41. The average molecular weight is 378 g/mol. The van der Waals surface area contributed by atoms with Gasteiger partial charge in [-0.15, -0.1) is 0 Å². The Balaban J connectivity index is 1.40. The van der Waals surface area contributed by atoms with Crippen molar-refractivity contribution in [2.45, 2.75) is 51.5 Å². The smallest absolute Gasteiger partial charge is 0.280 e. The monoisotopic (exact) mass is 378 g/mol. The lowest BCUT2D eigenvalue weighted by atomic mass is 10.2. The summed E-state index contributed by atoms with van der Waals surface area (Å²) < 4.78 is 31.7. The number of alkyl halides is 2. The third-order valence-corrected chi connectivity index (χ3v) is 4.97. The zero-order chi connectivity index (χ0) is 19.0. The predicted octanol–water partition coefficient (Wildman–Crippen LogP) is 3.12. The van der Waals surface area contributed by atoms with E-state index in [0.29, 0.717) is 24.1 Å². The summed E-state index contributed by atoms with van der Waals surface area (Å²) in [6, 6.07) is 1.43. The first-order valence-corrected chi connectivity index (χ1v) is 9.46. The Morgan fingerprint density at radius 3 is 2.44 bits per heavy atom. The third-order valence-electron chi connectivity index (χ3n) is 4.97. The van der Waals surface area contributed by atoms with Gasteiger partial charge in [0, 0.05) is 44.1 Å². The molecule has 0 N–H and O–H groups in total. The number of aromatic nitrogens is 4. The van der Waals surface area contributed by atoms with Crippen molar-refractivity contribution >= 4 is 5.82 Å². The molecule has 2 aromatic rings. The van der Waals surface area contributed by atoms with Gasteiger partial charge < -0.3 is 9.42 Å². The van der Waals surface area contributed by atoms with Crippen LogP contribution in [0, 0.1) is 0 Å². The predicted molar refractivity (Wildman–Crippen MR) is 94.8 cm³/mol. The molecule has 4 rings (SSSR count). The summed E-state index contributed by atoms with van der Waals surface area (Å²) in [6.07, 6.45) is -0.594.